The Balaban J connectivity index is 1.54. The van der Waals surface area contributed by atoms with Crippen LogP contribution >= 0.6 is 34.8 Å². The molecule has 2 N–H and O–H groups in total. The third-order valence-corrected chi connectivity index (χ3v) is 4.55. The van der Waals surface area contributed by atoms with Gasteiger partial charge >= 0.3 is 6.03 Å². The fourth-order valence-corrected chi connectivity index (χ4v) is 2.78. The van der Waals surface area contributed by atoms with Crippen molar-refractivity contribution < 1.29 is 9.53 Å². The summed E-state index contributed by atoms with van der Waals surface area (Å²) < 4.78 is 5.69. The zero-order valence-electron chi connectivity index (χ0n) is 13.9. The van der Waals surface area contributed by atoms with E-state index in [2.05, 4.69) is 15.6 Å². The quantitative estimate of drug-likeness (QED) is 0.484. The predicted molar refractivity (Wildman–Crippen MR) is 108 cm³/mol. The van der Waals surface area contributed by atoms with Gasteiger partial charge in [-0.2, -0.15) is 0 Å². The van der Waals surface area contributed by atoms with Crippen molar-refractivity contribution >= 4 is 46.5 Å². The van der Waals surface area contributed by atoms with E-state index < -0.39 is 6.03 Å². The van der Waals surface area contributed by atoms with Gasteiger partial charge < -0.3 is 15.4 Å². The zero-order chi connectivity index (χ0) is 19.2. The molecule has 0 spiro atoms. The molecule has 0 aliphatic heterocycles. The van der Waals surface area contributed by atoms with Gasteiger partial charge in [0.1, 0.15) is 11.5 Å². The van der Waals surface area contributed by atoms with Gasteiger partial charge in [0.25, 0.3) is 0 Å². The number of pyridine rings is 1. The first kappa shape index (κ1) is 19.3. The van der Waals surface area contributed by atoms with Gasteiger partial charge in [-0.25, -0.2) is 4.79 Å². The van der Waals surface area contributed by atoms with Crippen molar-refractivity contribution in [2.75, 3.05) is 5.32 Å². The number of hydrogen-bond acceptors (Lipinski definition) is 3. The van der Waals surface area contributed by atoms with E-state index >= 15 is 0 Å². The molecule has 27 heavy (non-hydrogen) atoms. The van der Waals surface area contributed by atoms with E-state index in [-0.39, 0.29) is 0 Å². The van der Waals surface area contributed by atoms with Crippen molar-refractivity contribution in [3.63, 3.8) is 0 Å². The van der Waals surface area contributed by atoms with Gasteiger partial charge in [0.05, 0.1) is 20.8 Å². The Morgan fingerprint density at radius 1 is 0.889 bits per heavy atom. The maximum atomic E-state index is 12.1. The van der Waals surface area contributed by atoms with E-state index in [4.69, 9.17) is 39.5 Å². The summed E-state index contributed by atoms with van der Waals surface area (Å²) in [6.45, 7) is 0.334. The Morgan fingerprint density at radius 2 is 1.52 bits per heavy atom. The van der Waals surface area contributed by atoms with Gasteiger partial charge in [0, 0.05) is 18.9 Å². The number of anilines is 1. The number of hydrogen-bond donors (Lipinski definition) is 2. The first-order chi connectivity index (χ1) is 13.0. The Morgan fingerprint density at radius 3 is 2.22 bits per heavy atom. The molecule has 2 amide bonds. The molecule has 0 saturated heterocycles. The summed E-state index contributed by atoms with van der Waals surface area (Å²) in [5.74, 6) is 1.39. The van der Waals surface area contributed by atoms with Gasteiger partial charge in [-0.1, -0.05) is 46.9 Å². The van der Waals surface area contributed by atoms with Crippen LogP contribution in [0.2, 0.25) is 15.1 Å². The number of urea groups is 1. The molecule has 0 radical (unpaired) electrons. The molecule has 1 aromatic heterocycles. The maximum absolute atomic E-state index is 12.1. The smallest absolute Gasteiger partial charge is 0.319 e. The molecule has 8 heteroatoms. The Hall–Kier alpha value is -2.47. The summed E-state index contributed by atoms with van der Waals surface area (Å²) >= 11 is 17.9. The number of rotatable bonds is 5. The highest BCUT2D eigenvalue weighted by Gasteiger charge is 2.09. The number of carbonyl (C=O) groups is 1. The van der Waals surface area contributed by atoms with Crippen LogP contribution in [0.4, 0.5) is 10.5 Å². The van der Waals surface area contributed by atoms with Crippen LogP contribution in [0.15, 0.2) is 60.9 Å². The minimum Gasteiger partial charge on any atom is -0.457 e. The Kier molecular flexibility index (Phi) is 6.40. The lowest BCUT2D eigenvalue weighted by atomic mass is 10.2. The average Bonchev–Trinajstić information content (AvgIpc) is 2.66. The van der Waals surface area contributed by atoms with Crippen LogP contribution in [0.25, 0.3) is 0 Å². The van der Waals surface area contributed by atoms with Crippen LogP contribution < -0.4 is 15.4 Å². The van der Waals surface area contributed by atoms with E-state index in [1.165, 1.54) is 12.1 Å². The third kappa shape index (κ3) is 5.50. The molecule has 1 heterocycles. The van der Waals surface area contributed by atoms with E-state index in [1.807, 2.05) is 24.3 Å². The van der Waals surface area contributed by atoms with Crippen molar-refractivity contribution in [3.8, 4) is 11.5 Å². The molecule has 0 aliphatic carbocycles. The van der Waals surface area contributed by atoms with Crippen LogP contribution in [0.3, 0.4) is 0 Å². The first-order valence-corrected chi connectivity index (χ1v) is 9.01. The Labute approximate surface area is 171 Å². The third-order valence-electron chi connectivity index (χ3n) is 3.52. The summed E-state index contributed by atoms with van der Waals surface area (Å²) in [6, 6.07) is 13.5. The fraction of sp³-hybridized carbons (Fsp3) is 0.0526. The first-order valence-electron chi connectivity index (χ1n) is 7.87. The SMILES string of the molecule is O=C(NCc1ccc(Oc2ccncc2)cc1)Nc1cc(Cl)c(Cl)cc1Cl. The van der Waals surface area contributed by atoms with Crippen LogP contribution in [0, 0.1) is 0 Å². The predicted octanol–water partition coefficient (Wildman–Crippen LogP) is 6.16. The number of amides is 2. The largest absolute Gasteiger partial charge is 0.457 e. The second-order valence-electron chi connectivity index (χ2n) is 5.48. The van der Waals surface area contributed by atoms with Crippen molar-refractivity contribution in [3.05, 3.63) is 81.6 Å². The van der Waals surface area contributed by atoms with E-state index in [0.29, 0.717) is 38.8 Å². The van der Waals surface area contributed by atoms with Crippen molar-refractivity contribution in [2.45, 2.75) is 6.54 Å². The van der Waals surface area contributed by atoms with E-state index in [1.54, 1.807) is 24.5 Å². The fourth-order valence-electron chi connectivity index (χ4n) is 2.18. The van der Waals surface area contributed by atoms with Crippen LogP contribution in [-0.2, 0) is 6.54 Å². The number of carbonyl (C=O) groups excluding carboxylic acids is 1. The molecule has 0 atom stereocenters. The molecule has 138 valence electrons. The standard InChI is InChI=1S/C19H14Cl3N3O2/c20-15-9-17(22)18(10-16(15)21)25-19(26)24-11-12-1-3-13(4-2-12)27-14-5-7-23-8-6-14/h1-10H,11H2,(H2,24,25,26). The molecule has 0 fully saturated rings. The zero-order valence-corrected chi connectivity index (χ0v) is 16.1. The number of nitrogens with zero attached hydrogens (tertiary/aromatic N) is 1. The van der Waals surface area contributed by atoms with Gasteiger partial charge in [-0.05, 0) is 42.0 Å². The second-order valence-corrected chi connectivity index (χ2v) is 6.70. The van der Waals surface area contributed by atoms with Crippen molar-refractivity contribution in [2.24, 2.45) is 0 Å². The van der Waals surface area contributed by atoms with Gasteiger partial charge in [0.15, 0.2) is 0 Å². The highest BCUT2D eigenvalue weighted by molar-refractivity contribution is 6.44. The summed E-state index contributed by atoms with van der Waals surface area (Å²) in [7, 11) is 0. The average molecular weight is 423 g/mol. The molecule has 3 rings (SSSR count). The molecule has 5 nitrogen and oxygen atoms in total. The number of halogens is 3. The number of benzene rings is 2. The summed E-state index contributed by atoms with van der Waals surface area (Å²) in [5, 5.41) is 6.31. The van der Waals surface area contributed by atoms with E-state index in [9.17, 15) is 4.79 Å². The highest BCUT2D eigenvalue weighted by Crippen LogP contribution is 2.32. The highest BCUT2D eigenvalue weighted by atomic mass is 35.5. The lowest BCUT2D eigenvalue weighted by Gasteiger charge is -2.11. The van der Waals surface area contributed by atoms with Crippen molar-refractivity contribution in [1.29, 1.82) is 0 Å². The van der Waals surface area contributed by atoms with Crippen LogP contribution in [0.5, 0.6) is 11.5 Å². The maximum Gasteiger partial charge on any atom is 0.319 e. The van der Waals surface area contributed by atoms with E-state index in [0.717, 1.165) is 5.56 Å². The minimum atomic E-state index is -0.410. The molecule has 3 aromatic rings. The number of ether oxygens (including phenoxy) is 1. The summed E-state index contributed by atoms with van der Waals surface area (Å²) in [6.07, 6.45) is 3.32. The summed E-state index contributed by atoms with van der Waals surface area (Å²) in [4.78, 5) is 16.0. The lowest BCUT2D eigenvalue weighted by Crippen LogP contribution is -2.28. The molecule has 0 unspecified atom stereocenters. The number of nitrogens with one attached hydrogen (secondary N) is 2. The summed E-state index contributed by atoms with van der Waals surface area (Å²) in [5.41, 5.74) is 1.29. The normalized spacial score (nSPS) is 10.3. The van der Waals surface area contributed by atoms with Gasteiger partial charge in [-0.3, -0.25) is 4.98 Å². The Bertz CT molecular complexity index is 935. The van der Waals surface area contributed by atoms with Crippen molar-refractivity contribution in [1.82, 2.24) is 10.3 Å². The lowest BCUT2D eigenvalue weighted by molar-refractivity contribution is 0.251. The number of aromatic nitrogens is 1. The molecule has 0 bridgehead atoms. The van der Waals surface area contributed by atoms with Gasteiger partial charge in [0.2, 0.25) is 0 Å². The topological polar surface area (TPSA) is 63.2 Å². The molecular formula is C19H14Cl3N3O2. The molecule has 0 aliphatic rings. The minimum absolute atomic E-state index is 0.303. The van der Waals surface area contributed by atoms with Gasteiger partial charge in [-0.15, -0.1) is 0 Å². The molecule has 0 saturated carbocycles. The molecular weight excluding hydrogens is 409 g/mol. The van der Waals surface area contributed by atoms with Crippen LogP contribution in [-0.4, -0.2) is 11.0 Å². The monoisotopic (exact) mass is 421 g/mol. The second kappa shape index (κ2) is 8.95. The van der Waals surface area contributed by atoms with Crippen LogP contribution in [0.1, 0.15) is 5.56 Å². The molecule has 2 aromatic carbocycles.